The minimum Gasteiger partial charge on any atom is -0.420 e. The monoisotopic (exact) mass is 446 g/mol. The summed E-state index contributed by atoms with van der Waals surface area (Å²) in [5.74, 6) is 3.83. The first kappa shape index (κ1) is 19.6. The highest BCUT2D eigenvalue weighted by Gasteiger charge is 2.50. The molecule has 3 heterocycles. The van der Waals surface area contributed by atoms with Gasteiger partial charge < -0.3 is 8.98 Å². The molecule has 0 aliphatic heterocycles. The van der Waals surface area contributed by atoms with Gasteiger partial charge in [-0.1, -0.05) is 24.6 Å². The van der Waals surface area contributed by atoms with E-state index in [2.05, 4.69) is 36.9 Å². The smallest absolute Gasteiger partial charge is 0.247 e. The lowest BCUT2D eigenvalue weighted by molar-refractivity contribution is 0.362. The Morgan fingerprint density at radius 3 is 2.59 bits per heavy atom. The predicted octanol–water partition coefficient (Wildman–Crippen LogP) is 5.60. The fourth-order valence-electron chi connectivity index (χ4n) is 4.55. The van der Waals surface area contributed by atoms with E-state index < -0.39 is 0 Å². The molecule has 1 unspecified atom stereocenters. The molecule has 3 aromatic heterocycles. The van der Waals surface area contributed by atoms with Crippen LogP contribution in [0.15, 0.2) is 53.2 Å². The van der Waals surface area contributed by atoms with Gasteiger partial charge in [0, 0.05) is 45.9 Å². The molecule has 32 heavy (non-hydrogen) atoms. The van der Waals surface area contributed by atoms with Crippen molar-refractivity contribution in [1.29, 1.82) is 0 Å². The molecule has 1 aromatic carbocycles. The maximum atomic E-state index is 6.12. The van der Waals surface area contributed by atoms with Crippen LogP contribution in [0, 0.1) is 0 Å². The standard InChI is InChI=1S/C24H23ClN6O/c1-15(22-29-30-23(32-22)18-3-2-4-19(25)13-18)14-24(9-10-24)31-20(16-5-6-16)27-28-21(31)17-7-11-26-12-8-17/h2-4,7-8,11-13,15-16H,5-6,9-10,14H2,1H3. The summed E-state index contributed by atoms with van der Waals surface area (Å²) in [7, 11) is 0. The summed E-state index contributed by atoms with van der Waals surface area (Å²) >= 11 is 6.12. The zero-order valence-corrected chi connectivity index (χ0v) is 18.5. The highest BCUT2D eigenvalue weighted by atomic mass is 35.5. The van der Waals surface area contributed by atoms with E-state index in [-0.39, 0.29) is 11.5 Å². The fourth-order valence-corrected chi connectivity index (χ4v) is 4.74. The topological polar surface area (TPSA) is 82.5 Å². The lowest BCUT2D eigenvalue weighted by Gasteiger charge is -2.24. The molecule has 0 N–H and O–H groups in total. The first-order valence-electron chi connectivity index (χ1n) is 11.1. The Hall–Kier alpha value is -3.06. The van der Waals surface area contributed by atoms with Gasteiger partial charge in [-0.05, 0) is 62.4 Å². The molecule has 8 heteroatoms. The van der Waals surface area contributed by atoms with Crippen molar-refractivity contribution in [3.8, 4) is 22.8 Å². The molecule has 0 radical (unpaired) electrons. The Morgan fingerprint density at radius 1 is 1.06 bits per heavy atom. The van der Waals surface area contributed by atoms with E-state index >= 15 is 0 Å². The Balaban J connectivity index is 1.31. The quantitative estimate of drug-likeness (QED) is 0.367. The van der Waals surface area contributed by atoms with E-state index in [4.69, 9.17) is 16.0 Å². The summed E-state index contributed by atoms with van der Waals surface area (Å²) < 4.78 is 8.46. The van der Waals surface area contributed by atoms with Crippen LogP contribution in [0.1, 0.15) is 62.6 Å². The summed E-state index contributed by atoms with van der Waals surface area (Å²) in [5.41, 5.74) is 1.88. The van der Waals surface area contributed by atoms with Crippen LogP contribution in [0.5, 0.6) is 0 Å². The number of halogens is 1. The van der Waals surface area contributed by atoms with E-state index in [9.17, 15) is 0 Å². The molecule has 162 valence electrons. The van der Waals surface area contributed by atoms with Crippen LogP contribution in [0.2, 0.25) is 5.02 Å². The number of aromatic nitrogens is 6. The summed E-state index contributed by atoms with van der Waals surface area (Å²) in [6.45, 7) is 2.16. The Bertz CT molecular complexity index is 1260. The van der Waals surface area contributed by atoms with E-state index in [0.29, 0.717) is 22.7 Å². The van der Waals surface area contributed by atoms with Crippen molar-refractivity contribution in [2.45, 2.75) is 56.4 Å². The van der Waals surface area contributed by atoms with Gasteiger partial charge in [-0.25, -0.2) is 0 Å². The van der Waals surface area contributed by atoms with Crippen LogP contribution in [-0.2, 0) is 5.54 Å². The normalized spacial score (nSPS) is 17.9. The van der Waals surface area contributed by atoms with Crippen LogP contribution in [0.25, 0.3) is 22.8 Å². The van der Waals surface area contributed by atoms with E-state index in [1.807, 2.05) is 48.8 Å². The molecule has 4 aromatic rings. The minimum absolute atomic E-state index is 0.00979. The van der Waals surface area contributed by atoms with Gasteiger partial charge in [0.15, 0.2) is 5.82 Å². The third-order valence-electron chi connectivity index (χ3n) is 6.49. The number of nitrogens with zero attached hydrogens (tertiary/aromatic N) is 6. The average Bonchev–Trinajstić information content (AvgIpc) is 3.70. The molecule has 0 bridgehead atoms. The summed E-state index contributed by atoms with van der Waals surface area (Å²) in [6.07, 6.45) is 9.09. The van der Waals surface area contributed by atoms with E-state index in [1.54, 1.807) is 0 Å². The van der Waals surface area contributed by atoms with Crippen LogP contribution in [0.3, 0.4) is 0 Å². The minimum atomic E-state index is -0.00979. The Kier molecular flexibility index (Phi) is 4.61. The van der Waals surface area contributed by atoms with Crippen molar-refractivity contribution in [2.24, 2.45) is 0 Å². The molecule has 2 aliphatic carbocycles. The molecule has 6 rings (SSSR count). The van der Waals surface area contributed by atoms with Gasteiger partial charge in [0.05, 0.1) is 0 Å². The van der Waals surface area contributed by atoms with E-state index in [0.717, 1.165) is 42.0 Å². The van der Waals surface area contributed by atoms with E-state index in [1.165, 1.54) is 12.8 Å². The van der Waals surface area contributed by atoms with Gasteiger partial charge in [0.25, 0.3) is 0 Å². The number of hydrogen-bond acceptors (Lipinski definition) is 6. The number of hydrogen-bond donors (Lipinski definition) is 0. The van der Waals surface area contributed by atoms with Crippen LogP contribution in [-0.4, -0.2) is 29.9 Å². The van der Waals surface area contributed by atoms with Crippen molar-refractivity contribution in [3.05, 3.63) is 65.5 Å². The van der Waals surface area contributed by atoms with Crippen LogP contribution in [0.4, 0.5) is 0 Å². The number of benzene rings is 1. The molecular formula is C24H23ClN6O. The largest absolute Gasteiger partial charge is 0.420 e. The third kappa shape index (κ3) is 3.50. The average molecular weight is 447 g/mol. The van der Waals surface area contributed by atoms with Crippen LogP contribution < -0.4 is 0 Å². The maximum absolute atomic E-state index is 6.12. The zero-order valence-electron chi connectivity index (χ0n) is 17.8. The van der Waals surface area contributed by atoms with Gasteiger partial charge >= 0.3 is 0 Å². The molecule has 0 saturated heterocycles. The van der Waals surface area contributed by atoms with Gasteiger partial charge in [0.2, 0.25) is 11.8 Å². The number of rotatable bonds is 7. The van der Waals surface area contributed by atoms with Crippen molar-refractivity contribution in [1.82, 2.24) is 29.9 Å². The Morgan fingerprint density at radius 2 is 1.88 bits per heavy atom. The zero-order chi connectivity index (χ0) is 21.7. The van der Waals surface area contributed by atoms with Crippen molar-refractivity contribution in [2.75, 3.05) is 0 Å². The second kappa shape index (κ2) is 7.52. The molecule has 1 atom stereocenters. The molecule has 0 spiro atoms. The predicted molar refractivity (Wildman–Crippen MR) is 120 cm³/mol. The second-order valence-corrected chi connectivity index (χ2v) is 9.45. The summed E-state index contributed by atoms with van der Waals surface area (Å²) in [4.78, 5) is 4.16. The molecule has 2 fully saturated rings. The van der Waals surface area contributed by atoms with Gasteiger partial charge in [-0.2, -0.15) is 0 Å². The first-order valence-corrected chi connectivity index (χ1v) is 11.5. The van der Waals surface area contributed by atoms with Crippen molar-refractivity contribution in [3.63, 3.8) is 0 Å². The highest BCUT2D eigenvalue weighted by Crippen LogP contribution is 2.54. The van der Waals surface area contributed by atoms with Gasteiger partial charge in [-0.15, -0.1) is 20.4 Å². The maximum Gasteiger partial charge on any atom is 0.247 e. The summed E-state index contributed by atoms with van der Waals surface area (Å²) in [6, 6.07) is 11.5. The van der Waals surface area contributed by atoms with Crippen molar-refractivity contribution < 1.29 is 4.42 Å². The molecular weight excluding hydrogens is 424 g/mol. The molecule has 2 saturated carbocycles. The van der Waals surface area contributed by atoms with Crippen LogP contribution >= 0.6 is 11.6 Å². The third-order valence-corrected chi connectivity index (χ3v) is 6.73. The SMILES string of the molecule is CC(CC1(n2c(-c3ccncc3)nnc2C2CC2)CC1)c1nnc(-c2cccc(Cl)c2)o1. The highest BCUT2D eigenvalue weighted by molar-refractivity contribution is 6.30. The molecule has 7 nitrogen and oxygen atoms in total. The Labute approximate surface area is 190 Å². The van der Waals surface area contributed by atoms with Gasteiger partial charge in [-0.3, -0.25) is 4.98 Å². The lowest BCUT2D eigenvalue weighted by atomic mass is 9.98. The molecule has 0 amide bonds. The molecule has 2 aliphatic rings. The second-order valence-electron chi connectivity index (χ2n) is 9.01. The summed E-state index contributed by atoms with van der Waals surface area (Å²) in [5, 5.41) is 18.5. The van der Waals surface area contributed by atoms with Gasteiger partial charge in [0.1, 0.15) is 5.82 Å². The van der Waals surface area contributed by atoms with Crippen molar-refractivity contribution >= 4 is 11.6 Å². The first-order chi connectivity index (χ1) is 15.6. The number of pyridine rings is 1. The lowest BCUT2D eigenvalue weighted by Crippen LogP contribution is -2.23. The fraction of sp³-hybridized carbons (Fsp3) is 0.375.